The van der Waals surface area contributed by atoms with Crippen LogP contribution in [-0.4, -0.2) is 7.11 Å². The van der Waals surface area contributed by atoms with Crippen LogP contribution in [0.2, 0.25) is 0 Å². The highest BCUT2D eigenvalue weighted by Gasteiger charge is 2.20. The van der Waals surface area contributed by atoms with Gasteiger partial charge in [0, 0.05) is 0 Å². The first-order chi connectivity index (χ1) is 7.40. The molecule has 0 saturated carbocycles. The number of nitrogens with zero attached hydrogens (tertiary/aromatic N) is 1. The molecule has 0 N–H and O–H groups in total. The molecule has 0 aliphatic rings. The molecule has 0 heterocycles. The summed E-state index contributed by atoms with van der Waals surface area (Å²) < 4.78 is 5.40. The number of nitriles is 1. The molecule has 0 atom stereocenters. The highest BCUT2D eigenvalue weighted by molar-refractivity contribution is 5.46. The van der Waals surface area contributed by atoms with Crippen molar-refractivity contribution in [3.63, 3.8) is 0 Å². The van der Waals surface area contributed by atoms with Gasteiger partial charge in [-0.1, -0.05) is 26.8 Å². The molecule has 0 aliphatic carbocycles. The first-order valence-corrected chi connectivity index (χ1v) is 5.45. The van der Waals surface area contributed by atoms with Gasteiger partial charge in [-0.05, 0) is 35.1 Å². The third kappa shape index (κ3) is 2.55. The van der Waals surface area contributed by atoms with Gasteiger partial charge in [-0.3, -0.25) is 0 Å². The predicted octanol–water partition coefficient (Wildman–Crippen LogP) is 3.37. The van der Waals surface area contributed by atoms with Gasteiger partial charge in [0.2, 0.25) is 0 Å². The van der Waals surface area contributed by atoms with Crippen molar-refractivity contribution >= 4 is 0 Å². The average molecular weight is 217 g/mol. The summed E-state index contributed by atoms with van der Waals surface area (Å²) in [6.07, 6.45) is 0.437. The third-order valence-corrected chi connectivity index (χ3v) is 2.74. The molecule has 0 saturated heterocycles. The Hall–Kier alpha value is -1.49. The first-order valence-electron chi connectivity index (χ1n) is 5.45. The van der Waals surface area contributed by atoms with Crippen molar-refractivity contribution in [1.29, 1.82) is 5.26 Å². The van der Waals surface area contributed by atoms with Gasteiger partial charge in [-0.15, -0.1) is 0 Å². The van der Waals surface area contributed by atoms with Crippen LogP contribution in [0.3, 0.4) is 0 Å². The Kier molecular flexibility index (Phi) is 3.59. The fourth-order valence-corrected chi connectivity index (χ4v) is 1.76. The lowest BCUT2D eigenvalue weighted by Crippen LogP contribution is -2.13. The minimum absolute atomic E-state index is 0.0568. The lowest BCUT2D eigenvalue weighted by Gasteiger charge is -2.23. The van der Waals surface area contributed by atoms with Crippen LogP contribution < -0.4 is 4.74 Å². The van der Waals surface area contributed by atoms with E-state index in [1.54, 1.807) is 7.11 Å². The van der Waals surface area contributed by atoms with Gasteiger partial charge in [0.1, 0.15) is 5.75 Å². The van der Waals surface area contributed by atoms with Crippen LogP contribution in [0.4, 0.5) is 0 Å². The largest absolute Gasteiger partial charge is 0.496 e. The van der Waals surface area contributed by atoms with E-state index in [9.17, 15) is 0 Å². The van der Waals surface area contributed by atoms with E-state index in [0.29, 0.717) is 6.42 Å². The van der Waals surface area contributed by atoms with E-state index in [4.69, 9.17) is 10.00 Å². The van der Waals surface area contributed by atoms with E-state index < -0.39 is 0 Å². The standard InChI is InChI=1S/C14H19NO/c1-10-8-12(14(2,3)4)13(16-5)9-11(10)6-7-15/h8-9H,6H2,1-5H3. The van der Waals surface area contributed by atoms with Crippen LogP contribution in [-0.2, 0) is 11.8 Å². The number of aryl methyl sites for hydroxylation is 1. The lowest BCUT2D eigenvalue weighted by molar-refractivity contribution is 0.397. The maximum absolute atomic E-state index is 8.75. The van der Waals surface area contributed by atoms with E-state index in [1.807, 2.05) is 13.0 Å². The first kappa shape index (κ1) is 12.6. The van der Waals surface area contributed by atoms with Crippen molar-refractivity contribution in [3.05, 3.63) is 28.8 Å². The summed E-state index contributed by atoms with van der Waals surface area (Å²) in [5, 5.41) is 8.75. The van der Waals surface area contributed by atoms with Crippen molar-refractivity contribution in [1.82, 2.24) is 0 Å². The molecule has 2 heteroatoms. The van der Waals surface area contributed by atoms with Crippen LogP contribution in [0.5, 0.6) is 5.75 Å². The molecule has 0 amide bonds. The van der Waals surface area contributed by atoms with Crippen molar-refractivity contribution in [2.75, 3.05) is 7.11 Å². The molecule has 0 unspecified atom stereocenters. The zero-order valence-electron chi connectivity index (χ0n) is 10.7. The molecule has 1 aromatic carbocycles. The third-order valence-electron chi connectivity index (χ3n) is 2.74. The van der Waals surface area contributed by atoms with Gasteiger partial charge < -0.3 is 4.74 Å². The number of ether oxygens (including phenoxy) is 1. The number of hydrogen-bond acceptors (Lipinski definition) is 2. The number of rotatable bonds is 2. The SMILES string of the molecule is COc1cc(CC#N)c(C)cc1C(C)(C)C. The summed E-state index contributed by atoms with van der Waals surface area (Å²) in [4.78, 5) is 0. The molecule has 0 radical (unpaired) electrons. The summed E-state index contributed by atoms with van der Waals surface area (Å²) in [6, 6.07) is 6.29. The molecule has 86 valence electrons. The van der Waals surface area contributed by atoms with Crippen molar-refractivity contribution in [2.24, 2.45) is 0 Å². The molecular weight excluding hydrogens is 198 g/mol. The van der Waals surface area contributed by atoms with Crippen LogP contribution in [0.25, 0.3) is 0 Å². The van der Waals surface area contributed by atoms with Gasteiger partial charge in [-0.25, -0.2) is 0 Å². The fourth-order valence-electron chi connectivity index (χ4n) is 1.76. The molecule has 0 spiro atoms. The van der Waals surface area contributed by atoms with Crippen molar-refractivity contribution in [3.8, 4) is 11.8 Å². The highest BCUT2D eigenvalue weighted by Crippen LogP contribution is 2.33. The molecule has 0 fully saturated rings. The van der Waals surface area contributed by atoms with Crippen LogP contribution in [0, 0.1) is 18.3 Å². The van der Waals surface area contributed by atoms with E-state index in [1.165, 1.54) is 5.56 Å². The molecule has 0 aliphatic heterocycles. The molecule has 1 aromatic rings. The summed E-state index contributed by atoms with van der Waals surface area (Å²) in [7, 11) is 1.68. The normalized spacial score (nSPS) is 11.0. The maximum Gasteiger partial charge on any atom is 0.122 e. The average Bonchev–Trinajstić information content (AvgIpc) is 2.19. The Labute approximate surface area is 97.9 Å². The Balaban J connectivity index is 3.33. The molecule has 16 heavy (non-hydrogen) atoms. The Morgan fingerprint density at radius 1 is 1.31 bits per heavy atom. The molecule has 2 nitrogen and oxygen atoms in total. The van der Waals surface area contributed by atoms with E-state index in [0.717, 1.165) is 16.9 Å². The van der Waals surface area contributed by atoms with Gasteiger partial charge in [0.05, 0.1) is 19.6 Å². The van der Waals surface area contributed by atoms with Crippen LogP contribution in [0.1, 0.15) is 37.5 Å². The molecule has 0 bridgehead atoms. The highest BCUT2D eigenvalue weighted by atomic mass is 16.5. The van der Waals surface area contributed by atoms with Crippen molar-refractivity contribution in [2.45, 2.75) is 39.5 Å². The van der Waals surface area contributed by atoms with E-state index in [-0.39, 0.29) is 5.41 Å². The topological polar surface area (TPSA) is 33.0 Å². The summed E-state index contributed by atoms with van der Waals surface area (Å²) in [5.41, 5.74) is 3.45. The fraction of sp³-hybridized carbons (Fsp3) is 0.500. The van der Waals surface area contributed by atoms with Crippen LogP contribution in [0.15, 0.2) is 12.1 Å². The lowest BCUT2D eigenvalue weighted by atomic mass is 9.84. The summed E-state index contributed by atoms with van der Waals surface area (Å²) in [5.74, 6) is 0.878. The van der Waals surface area contributed by atoms with Gasteiger partial charge in [0.25, 0.3) is 0 Å². The number of benzene rings is 1. The Morgan fingerprint density at radius 2 is 1.94 bits per heavy atom. The van der Waals surface area contributed by atoms with Gasteiger partial charge >= 0.3 is 0 Å². The number of hydrogen-bond donors (Lipinski definition) is 0. The molecular formula is C14H19NO. The van der Waals surface area contributed by atoms with Crippen molar-refractivity contribution < 1.29 is 4.74 Å². The van der Waals surface area contributed by atoms with E-state index in [2.05, 4.69) is 32.9 Å². The second-order valence-electron chi connectivity index (χ2n) is 5.06. The van der Waals surface area contributed by atoms with Crippen LogP contribution >= 0.6 is 0 Å². The zero-order valence-corrected chi connectivity index (χ0v) is 10.7. The summed E-state index contributed by atoms with van der Waals surface area (Å²) >= 11 is 0. The monoisotopic (exact) mass is 217 g/mol. The quantitative estimate of drug-likeness (QED) is 0.761. The molecule has 0 aromatic heterocycles. The van der Waals surface area contributed by atoms with E-state index >= 15 is 0 Å². The smallest absolute Gasteiger partial charge is 0.122 e. The summed E-state index contributed by atoms with van der Waals surface area (Å²) in [6.45, 7) is 8.53. The predicted molar refractivity (Wildman–Crippen MR) is 65.7 cm³/mol. The van der Waals surface area contributed by atoms with Gasteiger partial charge in [0.15, 0.2) is 0 Å². The second kappa shape index (κ2) is 4.57. The Morgan fingerprint density at radius 3 is 2.38 bits per heavy atom. The van der Waals surface area contributed by atoms with Gasteiger partial charge in [-0.2, -0.15) is 5.26 Å². The Bertz CT molecular complexity index is 422. The number of methoxy groups -OCH3 is 1. The second-order valence-corrected chi connectivity index (χ2v) is 5.06. The minimum atomic E-state index is 0.0568. The maximum atomic E-state index is 8.75. The minimum Gasteiger partial charge on any atom is -0.496 e. The zero-order chi connectivity index (χ0) is 12.3. The molecule has 1 rings (SSSR count).